The number of fused-ring (bicyclic) bond motifs is 2. The molecule has 1 amide bonds. The highest BCUT2D eigenvalue weighted by Gasteiger charge is 2.34. The van der Waals surface area contributed by atoms with Crippen LogP contribution in [0.15, 0.2) is 42.5 Å². The van der Waals surface area contributed by atoms with Crippen LogP contribution >= 0.6 is 0 Å². The highest BCUT2D eigenvalue weighted by Crippen LogP contribution is 2.27. The minimum atomic E-state index is 0.0894. The second-order valence-electron chi connectivity index (χ2n) is 6.71. The van der Waals surface area contributed by atoms with E-state index in [1.807, 2.05) is 24.3 Å². The molecule has 4 rings (SSSR count). The second kappa shape index (κ2) is 6.91. The summed E-state index contributed by atoms with van der Waals surface area (Å²) in [6.07, 6.45) is 3.55. The van der Waals surface area contributed by atoms with E-state index in [9.17, 15) is 4.79 Å². The fourth-order valence-corrected chi connectivity index (χ4v) is 3.90. The van der Waals surface area contributed by atoms with E-state index < -0.39 is 0 Å². The molecule has 1 aliphatic heterocycles. The molecule has 1 saturated heterocycles. The number of nitrogens with one attached hydrogen (secondary N) is 1. The number of hydrogen-bond donors (Lipinski definition) is 1. The molecule has 2 aromatic carbocycles. The maximum Gasteiger partial charge on any atom is 0.224 e. The predicted octanol–water partition coefficient (Wildman–Crippen LogP) is 2.84. The molecule has 0 radical (unpaired) electrons. The fourth-order valence-electron chi connectivity index (χ4n) is 3.90. The third-order valence-corrected chi connectivity index (χ3v) is 5.07. The molecular weight excluding hydrogens is 302 g/mol. The Morgan fingerprint density at radius 1 is 1.00 bits per heavy atom. The molecule has 0 bridgehead atoms. The lowest BCUT2D eigenvalue weighted by Gasteiger charge is -2.39. The predicted molar refractivity (Wildman–Crippen MR) is 92.9 cm³/mol. The van der Waals surface area contributed by atoms with E-state index in [2.05, 4.69) is 23.5 Å². The zero-order valence-electron chi connectivity index (χ0n) is 13.7. The number of amides is 1. The standard InChI is InChI=1S/C20H23NO3/c22-20(12-15-6-3-5-14-4-1-2-7-17(14)15)21-16-8-9-18-19(13-16)24-11-10-23-18/h1-7,16,18-19H,8-13H2,(H,21,22)/t16-,18-,19-/m1/s1. The molecule has 24 heavy (non-hydrogen) atoms. The van der Waals surface area contributed by atoms with Crippen LogP contribution < -0.4 is 5.32 Å². The van der Waals surface area contributed by atoms with Gasteiger partial charge in [-0.15, -0.1) is 0 Å². The van der Waals surface area contributed by atoms with Gasteiger partial charge in [-0.25, -0.2) is 0 Å². The van der Waals surface area contributed by atoms with Crippen LogP contribution in [0.25, 0.3) is 10.8 Å². The SMILES string of the molecule is O=C(Cc1cccc2ccccc12)N[C@@H]1CC[C@H]2OCCO[C@@H]2C1. The molecule has 0 spiro atoms. The zero-order valence-corrected chi connectivity index (χ0v) is 13.7. The van der Waals surface area contributed by atoms with Crippen LogP contribution in [-0.2, 0) is 20.7 Å². The van der Waals surface area contributed by atoms with Gasteiger partial charge in [-0.2, -0.15) is 0 Å². The first-order valence-electron chi connectivity index (χ1n) is 8.79. The van der Waals surface area contributed by atoms with Crippen molar-refractivity contribution in [2.45, 2.75) is 43.9 Å². The van der Waals surface area contributed by atoms with Crippen LogP contribution in [0, 0.1) is 0 Å². The Kier molecular flexibility index (Phi) is 4.50. The van der Waals surface area contributed by atoms with Crippen molar-refractivity contribution in [2.24, 2.45) is 0 Å². The Hall–Kier alpha value is -1.91. The molecule has 126 valence electrons. The average Bonchev–Trinajstić information content (AvgIpc) is 2.62. The Bertz CT molecular complexity index is 724. The first-order valence-corrected chi connectivity index (χ1v) is 8.79. The van der Waals surface area contributed by atoms with Gasteiger partial charge in [0.1, 0.15) is 0 Å². The van der Waals surface area contributed by atoms with Gasteiger partial charge in [-0.05, 0) is 35.6 Å². The number of carbonyl (C=O) groups excluding carboxylic acids is 1. The Labute approximate surface area is 142 Å². The van der Waals surface area contributed by atoms with Gasteiger partial charge in [0.15, 0.2) is 0 Å². The van der Waals surface area contributed by atoms with E-state index in [0.29, 0.717) is 19.6 Å². The van der Waals surface area contributed by atoms with Crippen molar-refractivity contribution in [1.29, 1.82) is 0 Å². The van der Waals surface area contributed by atoms with Crippen LogP contribution in [0.4, 0.5) is 0 Å². The summed E-state index contributed by atoms with van der Waals surface area (Å²) in [5.74, 6) is 0.0894. The van der Waals surface area contributed by atoms with Gasteiger partial charge < -0.3 is 14.8 Å². The van der Waals surface area contributed by atoms with E-state index >= 15 is 0 Å². The van der Waals surface area contributed by atoms with Crippen molar-refractivity contribution in [3.63, 3.8) is 0 Å². The molecule has 1 aliphatic carbocycles. The molecular formula is C20H23NO3. The summed E-state index contributed by atoms with van der Waals surface area (Å²) in [5.41, 5.74) is 1.08. The van der Waals surface area contributed by atoms with Crippen LogP contribution in [0.3, 0.4) is 0 Å². The van der Waals surface area contributed by atoms with E-state index in [1.165, 1.54) is 5.39 Å². The third-order valence-electron chi connectivity index (χ3n) is 5.07. The molecule has 4 heteroatoms. The molecule has 2 fully saturated rings. The molecule has 0 aromatic heterocycles. The maximum absolute atomic E-state index is 12.5. The molecule has 0 unspecified atom stereocenters. The highest BCUT2D eigenvalue weighted by molar-refractivity contribution is 5.90. The smallest absolute Gasteiger partial charge is 0.224 e. The maximum atomic E-state index is 12.5. The molecule has 2 aliphatic rings. The van der Waals surface area contributed by atoms with Crippen LogP contribution in [-0.4, -0.2) is 37.4 Å². The lowest BCUT2D eigenvalue weighted by atomic mass is 9.89. The Morgan fingerprint density at radius 2 is 1.79 bits per heavy atom. The number of rotatable bonds is 3. The molecule has 1 N–H and O–H groups in total. The van der Waals surface area contributed by atoms with Crippen molar-refractivity contribution >= 4 is 16.7 Å². The van der Waals surface area contributed by atoms with Gasteiger partial charge in [0, 0.05) is 6.04 Å². The lowest BCUT2D eigenvalue weighted by Crippen LogP contribution is -2.49. The zero-order chi connectivity index (χ0) is 16.4. The van der Waals surface area contributed by atoms with Crippen LogP contribution in [0.5, 0.6) is 0 Å². The molecule has 1 saturated carbocycles. The van der Waals surface area contributed by atoms with E-state index in [4.69, 9.17) is 9.47 Å². The van der Waals surface area contributed by atoms with E-state index in [-0.39, 0.29) is 24.2 Å². The minimum Gasteiger partial charge on any atom is -0.373 e. The van der Waals surface area contributed by atoms with Crippen molar-refractivity contribution in [3.05, 3.63) is 48.0 Å². The lowest BCUT2D eigenvalue weighted by molar-refractivity contribution is -0.158. The molecule has 4 nitrogen and oxygen atoms in total. The summed E-state index contributed by atoms with van der Waals surface area (Å²) in [4.78, 5) is 12.5. The summed E-state index contributed by atoms with van der Waals surface area (Å²) in [6.45, 7) is 1.36. The van der Waals surface area contributed by atoms with E-state index in [0.717, 1.165) is 30.2 Å². The van der Waals surface area contributed by atoms with Crippen molar-refractivity contribution in [1.82, 2.24) is 5.32 Å². The highest BCUT2D eigenvalue weighted by atomic mass is 16.6. The molecule has 1 heterocycles. The van der Waals surface area contributed by atoms with Gasteiger partial charge in [0.2, 0.25) is 5.91 Å². The molecule has 2 aromatic rings. The summed E-state index contributed by atoms with van der Waals surface area (Å²) in [6, 6.07) is 14.5. The van der Waals surface area contributed by atoms with Gasteiger partial charge in [-0.3, -0.25) is 4.79 Å². The quantitative estimate of drug-likeness (QED) is 0.944. The normalized spacial score (nSPS) is 26.8. The molecule has 3 atom stereocenters. The number of benzene rings is 2. The first-order chi connectivity index (χ1) is 11.8. The number of hydrogen-bond acceptors (Lipinski definition) is 3. The van der Waals surface area contributed by atoms with Crippen LogP contribution in [0.2, 0.25) is 0 Å². The third kappa shape index (κ3) is 3.30. The van der Waals surface area contributed by atoms with Gasteiger partial charge in [0.05, 0.1) is 31.8 Å². The summed E-state index contributed by atoms with van der Waals surface area (Å²) in [7, 11) is 0. The summed E-state index contributed by atoms with van der Waals surface area (Å²) in [5, 5.41) is 5.52. The van der Waals surface area contributed by atoms with Crippen LogP contribution in [0.1, 0.15) is 24.8 Å². The minimum absolute atomic E-state index is 0.0894. The van der Waals surface area contributed by atoms with Crippen molar-refractivity contribution < 1.29 is 14.3 Å². The summed E-state index contributed by atoms with van der Waals surface area (Å²) < 4.78 is 11.5. The van der Waals surface area contributed by atoms with Gasteiger partial charge in [0.25, 0.3) is 0 Å². The second-order valence-corrected chi connectivity index (χ2v) is 6.71. The topological polar surface area (TPSA) is 47.6 Å². The monoisotopic (exact) mass is 325 g/mol. The average molecular weight is 325 g/mol. The van der Waals surface area contributed by atoms with E-state index in [1.54, 1.807) is 0 Å². The van der Waals surface area contributed by atoms with Gasteiger partial charge in [-0.1, -0.05) is 42.5 Å². The van der Waals surface area contributed by atoms with Crippen molar-refractivity contribution in [3.8, 4) is 0 Å². The number of ether oxygens (including phenoxy) is 2. The first kappa shape index (κ1) is 15.6. The fraction of sp³-hybridized carbons (Fsp3) is 0.450. The largest absolute Gasteiger partial charge is 0.373 e. The van der Waals surface area contributed by atoms with Crippen molar-refractivity contribution in [2.75, 3.05) is 13.2 Å². The number of carbonyl (C=O) groups is 1. The Balaban J connectivity index is 1.39. The van der Waals surface area contributed by atoms with Gasteiger partial charge >= 0.3 is 0 Å². The Morgan fingerprint density at radius 3 is 2.71 bits per heavy atom. The summed E-state index contributed by atoms with van der Waals surface area (Å²) >= 11 is 0.